The first-order chi connectivity index (χ1) is 10.8. The van der Waals surface area contributed by atoms with Gasteiger partial charge in [0.15, 0.2) is 11.5 Å². The zero-order valence-corrected chi connectivity index (χ0v) is 11.7. The third-order valence-corrected chi connectivity index (χ3v) is 3.15. The van der Waals surface area contributed by atoms with Crippen molar-refractivity contribution in [3.8, 4) is 16.9 Å². The van der Waals surface area contributed by atoms with Crippen molar-refractivity contribution in [1.29, 1.82) is 0 Å². The van der Waals surface area contributed by atoms with Gasteiger partial charge in [0.1, 0.15) is 11.6 Å². The Hall–Kier alpha value is -2.91. The van der Waals surface area contributed by atoms with Gasteiger partial charge >= 0.3 is 6.18 Å². The predicted molar refractivity (Wildman–Crippen MR) is 72.9 cm³/mol. The second-order valence-electron chi connectivity index (χ2n) is 4.72. The largest absolute Gasteiger partial charge is 0.435 e. The molecule has 0 saturated heterocycles. The summed E-state index contributed by atoms with van der Waals surface area (Å²) < 4.78 is 56.0. The van der Waals surface area contributed by atoms with Crippen LogP contribution in [0.3, 0.4) is 0 Å². The smallest absolute Gasteiger partial charge is 0.383 e. The molecule has 10 heteroatoms. The van der Waals surface area contributed by atoms with Crippen molar-refractivity contribution in [1.82, 2.24) is 24.5 Å². The summed E-state index contributed by atoms with van der Waals surface area (Å²) in [5, 5.41) is 7.44. The number of hydrogen-bond acceptors (Lipinski definition) is 4. The van der Waals surface area contributed by atoms with Gasteiger partial charge in [-0.3, -0.25) is 9.67 Å². The molecule has 0 aromatic carbocycles. The van der Waals surface area contributed by atoms with E-state index in [0.29, 0.717) is 0 Å². The maximum Gasteiger partial charge on any atom is 0.435 e. The van der Waals surface area contributed by atoms with Crippen LogP contribution in [0, 0.1) is 5.82 Å². The Morgan fingerprint density at radius 2 is 1.91 bits per heavy atom. The summed E-state index contributed by atoms with van der Waals surface area (Å²) in [6.45, 7) is 0. The lowest BCUT2D eigenvalue weighted by molar-refractivity contribution is -0.140. The first-order valence-electron chi connectivity index (χ1n) is 6.34. The van der Waals surface area contributed by atoms with Crippen molar-refractivity contribution in [2.24, 2.45) is 7.05 Å². The Balaban J connectivity index is 2.30. The molecule has 0 fully saturated rings. The number of pyridine rings is 1. The Labute approximate surface area is 127 Å². The summed E-state index contributed by atoms with van der Waals surface area (Å²) in [6, 6.07) is 2.55. The van der Waals surface area contributed by atoms with Gasteiger partial charge in [-0.2, -0.15) is 28.1 Å². The van der Waals surface area contributed by atoms with Crippen molar-refractivity contribution in [3.63, 3.8) is 0 Å². The number of nitrogens with two attached hydrogens (primary N) is 1. The molecule has 0 saturated carbocycles. The standard InChI is InChI=1S/C13H10F4N6/c1-22-5-3-9(20-22)23-12(18)10(11(21-23)13(15,16)17)7-2-4-19-6-8(7)14/h2-6H,18H2,1H3. The summed E-state index contributed by atoms with van der Waals surface area (Å²) in [5.74, 6) is -1.19. The molecule has 0 radical (unpaired) electrons. The van der Waals surface area contributed by atoms with Crippen molar-refractivity contribution in [2.75, 3.05) is 5.73 Å². The minimum atomic E-state index is -4.81. The molecular weight excluding hydrogens is 316 g/mol. The first-order valence-corrected chi connectivity index (χ1v) is 6.34. The average molecular weight is 326 g/mol. The van der Waals surface area contributed by atoms with Crippen LogP contribution in [0.5, 0.6) is 0 Å². The van der Waals surface area contributed by atoms with Crippen LogP contribution in [-0.4, -0.2) is 24.5 Å². The number of rotatable bonds is 2. The highest BCUT2D eigenvalue weighted by Crippen LogP contribution is 2.41. The summed E-state index contributed by atoms with van der Waals surface area (Å²) >= 11 is 0. The number of nitrogens with zero attached hydrogens (tertiary/aromatic N) is 5. The van der Waals surface area contributed by atoms with Crippen LogP contribution in [-0.2, 0) is 13.2 Å². The monoisotopic (exact) mass is 326 g/mol. The van der Waals surface area contributed by atoms with Gasteiger partial charge in [0, 0.05) is 31.1 Å². The second kappa shape index (κ2) is 5.07. The van der Waals surface area contributed by atoms with E-state index in [9.17, 15) is 17.6 Å². The molecule has 6 nitrogen and oxygen atoms in total. The van der Waals surface area contributed by atoms with E-state index in [4.69, 9.17) is 5.73 Å². The molecule has 120 valence electrons. The minimum Gasteiger partial charge on any atom is -0.383 e. The molecule has 3 heterocycles. The van der Waals surface area contributed by atoms with Crippen LogP contribution in [0.2, 0.25) is 0 Å². The molecule has 0 atom stereocenters. The number of halogens is 4. The Morgan fingerprint density at radius 1 is 1.17 bits per heavy atom. The summed E-state index contributed by atoms with van der Waals surface area (Å²) in [5.41, 5.74) is 3.66. The molecule has 3 rings (SSSR count). The molecule has 0 unspecified atom stereocenters. The van der Waals surface area contributed by atoms with Gasteiger partial charge < -0.3 is 5.73 Å². The molecular formula is C13H10F4N6. The average Bonchev–Trinajstić information content (AvgIpc) is 3.03. The van der Waals surface area contributed by atoms with Crippen LogP contribution in [0.4, 0.5) is 23.4 Å². The SMILES string of the molecule is Cn1ccc(-n2nc(C(F)(F)F)c(-c3ccncc3F)c2N)n1. The predicted octanol–water partition coefficient (Wildman–Crippen LogP) is 2.41. The van der Waals surface area contributed by atoms with Gasteiger partial charge in [-0.25, -0.2) is 4.39 Å². The van der Waals surface area contributed by atoms with Gasteiger partial charge in [-0.15, -0.1) is 0 Å². The third kappa shape index (κ3) is 2.51. The van der Waals surface area contributed by atoms with Crippen molar-refractivity contribution in [2.45, 2.75) is 6.18 Å². The Bertz CT molecular complexity index is 864. The van der Waals surface area contributed by atoms with Gasteiger partial charge in [0.05, 0.1) is 11.8 Å². The van der Waals surface area contributed by atoms with Crippen LogP contribution < -0.4 is 5.73 Å². The molecule has 3 aromatic heterocycles. The minimum absolute atomic E-state index is 0.0937. The van der Waals surface area contributed by atoms with Crippen molar-refractivity contribution in [3.05, 3.63) is 42.2 Å². The van der Waals surface area contributed by atoms with Crippen LogP contribution >= 0.6 is 0 Å². The van der Waals surface area contributed by atoms with Crippen LogP contribution in [0.25, 0.3) is 16.9 Å². The van der Waals surface area contributed by atoms with Crippen molar-refractivity contribution < 1.29 is 17.6 Å². The van der Waals surface area contributed by atoms with E-state index in [1.54, 1.807) is 7.05 Å². The number of nitrogen functional groups attached to an aromatic ring is 1. The summed E-state index contributed by atoms with van der Waals surface area (Å²) in [6.07, 6.45) is -1.29. The van der Waals surface area contributed by atoms with Gasteiger partial charge in [-0.1, -0.05) is 0 Å². The Kier molecular flexibility index (Phi) is 3.31. The van der Waals surface area contributed by atoms with E-state index >= 15 is 0 Å². The quantitative estimate of drug-likeness (QED) is 0.734. The normalized spacial score (nSPS) is 11.9. The molecule has 23 heavy (non-hydrogen) atoms. The van der Waals surface area contributed by atoms with E-state index in [1.807, 2.05) is 0 Å². The number of aryl methyl sites for hydroxylation is 1. The highest BCUT2D eigenvalue weighted by Gasteiger charge is 2.40. The number of alkyl halides is 3. The number of hydrogen-bond donors (Lipinski definition) is 1. The van der Waals surface area contributed by atoms with Gasteiger partial charge in [-0.05, 0) is 6.07 Å². The molecule has 0 aliphatic heterocycles. The zero-order chi connectivity index (χ0) is 16.8. The van der Waals surface area contributed by atoms with Crippen molar-refractivity contribution >= 4 is 5.82 Å². The van der Waals surface area contributed by atoms with Gasteiger partial charge in [0.2, 0.25) is 0 Å². The summed E-state index contributed by atoms with van der Waals surface area (Å²) in [7, 11) is 1.59. The first kappa shape index (κ1) is 15.0. The van der Waals surface area contributed by atoms with E-state index in [1.165, 1.54) is 23.1 Å². The number of anilines is 1. The van der Waals surface area contributed by atoms with E-state index < -0.39 is 23.3 Å². The fourth-order valence-corrected chi connectivity index (χ4v) is 2.16. The van der Waals surface area contributed by atoms with Gasteiger partial charge in [0.25, 0.3) is 0 Å². The van der Waals surface area contributed by atoms with E-state index in [0.717, 1.165) is 16.9 Å². The number of aromatic nitrogens is 5. The maximum absolute atomic E-state index is 13.9. The molecule has 0 aliphatic rings. The fourth-order valence-electron chi connectivity index (χ4n) is 2.16. The molecule has 0 spiro atoms. The zero-order valence-electron chi connectivity index (χ0n) is 11.7. The molecule has 0 bridgehead atoms. The maximum atomic E-state index is 13.9. The Morgan fingerprint density at radius 3 is 2.48 bits per heavy atom. The van der Waals surface area contributed by atoms with E-state index in [-0.39, 0.29) is 17.2 Å². The second-order valence-corrected chi connectivity index (χ2v) is 4.72. The third-order valence-electron chi connectivity index (χ3n) is 3.15. The summed E-state index contributed by atoms with van der Waals surface area (Å²) in [4.78, 5) is 3.52. The molecule has 0 amide bonds. The van der Waals surface area contributed by atoms with Crippen LogP contribution in [0.15, 0.2) is 30.7 Å². The highest BCUT2D eigenvalue weighted by molar-refractivity contribution is 5.78. The lowest BCUT2D eigenvalue weighted by Gasteiger charge is -2.07. The lowest BCUT2D eigenvalue weighted by atomic mass is 10.1. The fraction of sp³-hybridized carbons (Fsp3) is 0.154. The van der Waals surface area contributed by atoms with E-state index in [2.05, 4.69) is 15.2 Å². The topological polar surface area (TPSA) is 74.5 Å². The lowest BCUT2D eigenvalue weighted by Crippen LogP contribution is -2.09. The molecule has 2 N–H and O–H groups in total. The molecule has 3 aromatic rings. The molecule has 0 aliphatic carbocycles. The highest BCUT2D eigenvalue weighted by atomic mass is 19.4. The van der Waals surface area contributed by atoms with Crippen LogP contribution in [0.1, 0.15) is 5.69 Å².